The Labute approximate surface area is 99.3 Å². The van der Waals surface area contributed by atoms with Crippen LogP contribution < -0.4 is 5.73 Å². The van der Waals surface area contributed by atoms with E-state index in [-0.39, 0.29) is 12.0 Å². The van der Waals surface area contributed by atoms with Crippen molar-refractivity contribution in [3.05, 3.63) is 24.4 Å². The molecule has 0 aromatic carbocycles. The molecule has 2 rings (SSSR count). The maximum absolute atomic E-state index is 5.87. The van der Waals surface area contributed by atoms with E-state index in [1.807, 2.05) is 13.8 Å². The number of aromatic nitrogens is 4. The molecular weight excluding hydrogens is 218 g/mol. The molecule has 0 fully saturated rings. The van der Waals surface area contributed by atoms with Crippen molar-refractivity contribution >= 4 is 0 Å². The SMILES string of the molecule is CCC(c1nc(-c2ncccn2)no1)C(C)N. The van der Waals surface area contributed by atoms with E-state index < -0.39 is 0 Å². The number of hydrogen-bond donors (Lipinski definition) is 1. The van der Waals surface area contributed by atoms with Crippen LogP contribution in [-0.2, 0) is 0 Å². The quantitative estimate of drug-likeness (QED) is 0.857. The topological polar surface area (TPSA) is 90.7 Å². The van der Waals surface area contributed by atoms with Crippen molar-refractivity contribution < 1.29 is 4.52 Å². The Bertz CT molecular complexity index is 468. The Hall–Kier alpha value is -1.82. The zero-order chi connectivity index (χ0) is 12.3. The normalized spacial score (nSPS) is 14.5. The molecule has 0 saturated heterocycles. The smallest absolute Gasteiger partial charge is 0.240 e. The highest BCUT2D eigenvalue weighted by atomic mass is 16.5. The molecule has 0 radical (unpaired) electrons. The molecular formula is C11H15N5O. The molecule has 0 saturated carbocycles. The van der Waals surface area contributed by atoms with Gasteiger partial charge in [0, 0.05) is 18.4 Å². The number of nitrogens with two attached hydrogens (primary N) is 1. The van der Waals surface area contributed by atoms with E-state index in [2.05, 4.69) is 20.1 Å². The van der Waals surface area contributed by atoms with Crippen LogP contribution in [0.3, 0.4) is 0 Å². The molecule has 0 spiro atoms. The lowest BCUT2D eigenvalue weighted by molar-refractivity contribution is 0.334. The average molecular weight is 233 g/mol. The lowest BCUT2D eigenvalue weighted by Crippen LogP contribution is -2.24. The van der Waals surface area contributed by atoms with Crippen molar-refractivity contribution in [2.75, 3.05) is 0 Å². The number of rotatable bonds is 4. The summed E-state index contributed by atoms with van der Waals surface area (Å²) < 4.78 is 5.21. The Balaban J connectivity index is 2.27. The van der Waals surface area contributed by atoms with Crippen LogP contribution in [0.2, 0.25) is 0 Å². The van der Waals surface area contributed by atoms with E-state index >= 15 is 0 Å². The molecule has 0 bridgehead atoms. The molecule has 0 aliphatic heterocycles. The van der Waals surface area contributed by atoms with Crippen LogP contribution in [-0.4, -0.2) is 26.2 Å². The van der Waals surface area contributed by atoms with Gasteiger partial charge in [-0.25, -0.2) is 9.97 Å². The van der Waals surface area contributed by atoms with Crippen LogP contribution in [0.25, 0.3) is 11.6 Å². The van der Waals surface area contributed by atoms with Gasteiger partial charge in [0.05, 0.1) is 5.92 Å². The summed E-state index contributed by atoms with van der Waals surface area (Å²) >= 11 is 0. The second-order valence-electron chi connectivity index (χ2n) is 3.90. The largest absolute Gasteiger partial charge is 0.338 e. The fourth-order valence-corrected chi connectivity index (χ4v) is 1.66. The highest BCUT2D eigenvalue weighted by Gasteiger charge is 2.22. The first-order valence-electron chi connectivity index (χ1n) is 5.59. The minimum atomic E-state index is -0.0232. The molecule has 2 heterocycles. The molecule has 2 unspecified atom stereocenters. The van der Waals surface area contributed by atoms with E-state index in [0.29, 0.717) is 17.5 Å². The van der Waals surface area contributed by atoms with Crippen molar-refractivity contribution in [3.8, 4) is 11.6 Å². The number of nitrogens with zero attached hydrogens (tertiary/aromatic N) is 4. The molecule has 2 atom stereocenters. The molecule has 2 aromatic heterocycles. The van der Waals surface area contributed by atoms with E-state index in [1.54, 1.807) is 18.5 Å². The van der Waals surface area contributed by atoms with Gasteiger partial charge in [0.2, 0.25) is 17.5 Å². The summed E-state index contributed by atoms with van der Waals surface area (Å²) in [6.07, 6.45) is 4.14. The lowest BCUT2D eigenvalue weighted by Gasteiger charge is -2.13. The molecule has 90 valence electrons. The zero-order valence-corrected chi connectivity index (χ0v) is 9.87. The lowest BCUT2D eigenvalue weighted by atomic mass is 9.99. The van der Waals surface area contributed by atoms with Crippen molar-refractivity contribution in [2.24, 2.45) is 5.73 Å². The van der Waals surface area contributed by atoms with Crippen LogP contribution in [0.5, 0.6) is 0 Å². The van der Waals surface area contributed by atoms with Gasteiger partial charge in [-0.3, -0.25) is 0 Å². The van der Waals surface area contributed by atoms with Crippen molar-refractivity contribution in [2.45, 2.75) is 32.2 Å². The maximum Gasteiger partial charge on any atom is 0.240 e. The second kappa shape index (κ2) is 5.01. The molecule has 6 nitrogen and oxygen atoms in total. The van der Waals surface area contributed by atoms with E-state index in [0.717, 1.165) is 6.42 Å². The summed E-state index contributed by atoms with van der Waals surface area (Å²) in [7, 11) is 0. The van der Waals surface area contributed by atoms with Crippen molar-refractivity contribution in [1.82, 2.24) is 20.1 Å². The van der Waals surface area contributed by atoms with Crippen LogP contribution in [0.15, 0.2) is 23.0 Å². The van der Waals surface area contributed by atoms with Gasteiger partial charge in [-0.05, 0) is 19.4 Å². The molecule has 0 aliphatic carbocycles. The van der Waals surface area contributed by atoms with Crippen LogP contribution in [0.4, 0.5) is 0 Å². The van der Waals surface area contributed by atoms with Crippen molar-refractivity contribution in [3.63, 3.8) is 0 Å². The third-order valence-electron chi connectivity index (χ3n) is 2.60. The zero-order valence-electron chi connectivity index (χ0n) is 9.87. The Kier molecular flexibility index (Phi) is 3.43. The standard InChI is InChI=1S/C11H15N5O/c1-3-8(7(2)12)11-15-10(16-17-11)9-13-5-4-6-14-9/h4-8H,3,12H2,1-2H3. The number of hydrogen-bond acceptors (Lipinski definition) is 6. The third kappa shape index (κ3) is 2.47. The first-order valence-corrected chi connectivity index (χ1v) is 5.59. The maximum atomic E-state index is 5.87. The highest BCUT2D eigenvalue weighted by Crippen LogP contribution is 2.22. The van der Waals surface area contributed by atoms with Gasteiger partial charge in [0.1, 0.15) is 0 Å². The summed E-state index contributed by atoms with van der Waals surface area (Å²) in [6, 6.07) is 1.71. The van der Waals surface area contributed by atoms with E-state index in [9.17, 15) is 0 Å². The van der Waals surface area contributed by atoms with Gasteiger partial charge in [0.25, 0.3) is 0 Å². The molecule has 0 amide bonds. The summed E-state index contributed by atoms with van der Waals surface area (Å²) in [5.41, 5.74) is 5.87. The molecule has 2 N–H and O–H groups in total. The van der Waals surface area contributed by atoms with E-state index in [4.69, 9.17) is 10.3 Å². The molecule has 17 heavy (non-hydrogen) atoms. The predicted molar refractivity (Wildman–Crippen MR) is 62.0 cm³/mol. The average Bonchev–Trinajstić information content (AvgIpc) is 2.80. The van der Waals surface area contributed by atoms with Gasteiger partial charge in [-0.15, -0.1) is 0 Å². The Morgan fingerprint density at radius 2 is 2.00 bits per heavy atom. The first-order chi connectivity index (χ1) is 8.22. The molecule has 2 aromatic rings. The van der Waals surface area contributed by atoms with Gasteiger partial charge in [0.15, 0.2) is 0 Å². The molecule has 0 aliphatic rings. The van der Waals surface area contributed by atoms with Gasteiger partial charge in [-0.1, -0.05) is 12.1 Å². The van der Waals surface area contributed by atoms with Crippen molar-refractivity contribution in [1.29, 1.82) is 0 Å². The fourth-order valence-electron chi connectivity index (χ4n) is 1.66. The summed E-state index contributed by atoms with van der Waals surface area (Å²) in [5, 5.41) is 3.87. The van der Waals surface area contributed by atoms with Crippen LogP contribution in [0.1, 0.15) is 32.1 Å². The third-order valence-corrected chi connectivity index (χ3v) is 2.60. The minimum Gasteiger partial charge on any atom is -0.338 e. The summed E-state index contributed by atoms with van der Waals surface area (Å²) in [5.74, 6) is 1.48. The van der Waals surface area contributed by atoms with Gasteiger partial charge >= 0.3 is 0 Å². The van der Waals surface area contributed by atoms with E-state index in [1.165, 1.54) is 0 Å². The molecule has 6 heteroatoms. The van der Waals surface area contributed by atoms with Gasteiger partial charge < -0.3 is 10.3 Å². The fraction of sp³-hybridized carbons (Fsp3) is 0.455. The van der Waals surface area contributed by atoms with Crippen LogP contribution in [0, 0.1) is 0 Å². The highest BCUT2D eigenvalue weighted by molar-refractivity contribution is 5.40. The minimum absolute atomic E-state index is 0.0232. The summed E-state index contributed by atoms with van der Waals surface area (Å²) in [4.78, 5) is 12.4. The van der Waals surface area contributed by atoms with Crippen LogP contribution >= 0.6 is 0 Å². The monoisotopic (exact) mass is 233 g/mol. The Morgan fingerprint density at radius 1 is 1.29 bits per heavy atom. The van der Waals surface area contributed by atoms with Gasteiger partial charge in [-0.2, -0.15) is 4.98 Å². The predicted octanol–water partition coefficient (Wildman–Crippen LogP) is 1.37. The first kappa shape index (κ1) is 11.7. The summed E-state index contributed by atoms with van der Waals surface area (Å²) in [6.45, 7) is 3.97. The Morgan fingerprint density at radius 3 is 2.59 bits per heavy atom. The second-order valence-corrected chi connectivity index (χ2v) is 3.90.